The summed E-state index contributed by atoms with van der Waals surface area (Å²) in [6.45, 7) is 3.01. The van der Waals surface area contributed by atoms with Crippen LogP contribution in [0, 0.1) is 5.41 Å². The van der Waals surface area contributed by atoms with E-state index in [0.717, 1.165) is 19.3 Å². The molecule has 1 rings (SSSR count). The maximum atomic E-state index is 10.9. The van der Waals surface area contributed by atoms with E-state index in [4.69, 9.17) is 10.5 Å². The first kappa shape index (κ1) is 14.9. The van der Waals surface area contributed by atoms with Crippen LogP contribution in [0.1, 0.15) is 58.3 Å². The zero-order chi connectivity index (χ0) is 12.8. The predicted octanol–water partition coefficient (Wildman–Crippen LogP) is 2.46. The Morgan fingerprint density at radius 2 is 1.71 bits per heavy atom. The quantitative estimate of drug-likeness (QED) is 0.780. The molecule has 0 aliphatic heterocycles. The van der Waals surface area contributed by atoms with Crippen molar-refractivity contribution < 1.29 is 9.84 Å². The van der Waals surface area contributed by atoms with Gasteiger partial charge in [-0.2, -0.15) is 0 Å². The number of nitrogens with two attached hydrogens (primary N) is 1. The highest BCUT2D eigenvalue weighted by Gasteiger charge is 2.47. The molecule has 1 fully saturated rings. The Labute approximate surface area is 106 Å². The van der Waals surface area contributed by atoms with Crippen LogP contribution in [-0.4, -0.2) is 31.0 Å². The first-order valence-corrected chi connectivity index (χ1v) is 7.05. The molecule has 3 N–H and O–H groups in total. The zero-order valence-corrected chi connectivity index (χ0v) is 11.5. The van der Waals surface area contributed by atoms with Gasteiger partial charge in [0.1, 0.15) is 0 Å². The molecule has 0 spiro atoms. The Hall–Kier alpha value is -0.120. The third-order valence-corrected chi connectivity index (χ3v) is 4.66. The van der Waals surface area contributed by atoms with Gasteiger partial charge in [0.05, 0.1) is 12.2 Å². The van der Waals surface area contributed by atoms with E-state index in [0.29, 0.717) is 13.2 Å². The fourth-order valence-electron chi connectivity index (χ4n) is 3.31. The molecule has 0 radical (unpaired) electrons. The lowest BCUT2D eigenvalue weighted by molar-refractivity contribution is -0.134. The second kappa shape index (κ2) is 6.72. The van der Waals surface area contributed by atoms with Crippen molar-refractivity contribution >= 4 is 0 Å². The van der Waals surface area contributed by atoms with E-state index in [2.05, 4.69) is 0 Å². The molecule has 1 aliphatic carbocycles. The van der Waals surface area contributed by atoms with Crippen LogP contribution in [0.2, 0.25) is 0 Å². The van der Waals surface area contributed by atoms with Crippen molar-refractivity contribution in [1.82, 2.24) is 0 Å². The highest BCUT2D eigenvalue weighted by Crippen LogP contribution is 2.44. The van der Waals surface area contributed by atoms with Gasteiger partial charge in [0.25, 0.3) is 0 Å². The topological polar surface area (TPSA) is 55.5 Å². The van der Waals surface area contributed by atoms with Crippen LogP contribution in [-0.2, 0) is 4.74 Å². The summed E-state index contributed by atoms with van der Waals surface area (Å²) in [6, 6.07) is 0. The molecule has 3 heteroatoms. The summed E-state index contributed by atoms with van der Waals surface area (Å²) in [7, 11) is 1.66. The zero-order valence-electron chi connectivity index (χ0n) is 11.5. The second-order valence-corrected chi connectivity index (χ2v) is 5.57. The van der Waals surface area contributed by atoms with Crippen molar-refractivity contribution in [3.05, 3.63) is 0 Å². The molecule has 3 nitrogen and oxygen atoms in total. The van der Waals surface area contributed by atoms with Gasteiger partial charge in [0, 0.05) is 19.1 Å². The first-order valence-electron chi connectivity index (χ1n) is 7.05. The van der Waals surface area contributed by atoms with E-state index < -0.39 is 5.60 Å². The fraction of sp³-hybridized carbons (Fsp3) is 1.00. The lowest BCUT2D eigenvalue weighted by Gasteiger charge is -2.47. The van der Waals surface area contributed by atoms with Crippen molar-refractivity contribution in [2.75, 3.05) is 20.3 Å². The summed E-state index contributed by atoms with van der Waals surface area (Å²) >= 11 is 0. The summed E-state index contributed by atoms with van der Waals surface area (Å²) in [6.07, 6.45) is 9.04. The summed E-state index contributed by atoms with van der Waals surface area (Å²) in [5, 5.41) is 10.9. The molecule has 17 heavy (non-hydrogen) atoms. The number of hydrogen-bond acceptors (Lipinski definition) is 3. The monoisotopic (exact) mass is 243 g/mol. The van der Waals surface area contributed by atoms with Gasteiger partial charge >= 0.3 is 0 Å². The Morgan fingerprint density at radius 3 is 2.12 bits per heavy atom. The molecule has 1 atom stereocenters. The largest absolute Gasteiger partial charge is 0.387 e. The first-order chi connectivity index (χ1) is 8.14. The maximum absolute atomic E-state index is 10.9. The number of aliphatic hydroxyl groups is 1. The summed E-state index contributed by atoms with van der Waals surface area (Å²) in [4.78, 5) is 0. The Kier molecular flexibility index (Phi) is 5.90. The van der Waals surface area contributed by atoms with Crippen molar-refractivity contribution in [1.29, 1.82) is 0 Å². The van der Waals surface area contributed by atoms with Crippen LogP contribution >= 0.6 is 0 Å². The average molecular weight is 243 g/mol. The molecule has 0 amide bonds. The molecule has 102 valence electrons. The minimum absolute atomic E-state index is 0.141. The van der Waals surface area contributed by atoms with Gasteiger partial charge in [-0.25, -0.2) is 0 Å². The van der Waals surface area contributed by atoms with Crippen molar-refractivity contribution in [2.24, 2.45) is 11.1 Å². The normalized spacial score (nSPS) is 24.7. The smallest absolute Gasteiger partial charge is 0.0945 e. The molecular weight excluding hydrogens is 214 g/mol. The van der Waals surface area contributed by atoms with Crippen LogP contribution in [0.25, 0.3) is 0 Å². The predicted molar refractivity (Wildman–Crippen MR) is 70.9 cm³/mol. The minimum Gasteiger partial charge on any atom is -0.387 e. The van der Waals surface area contributed by atoms with E-state index in [1.165, 1.54) is 32.1 Å². The van der Waals surface area contributed by atoms with Crippen LogP contribution in [0.15, 0.2) is 0 Å². The standard InChI is InChI=1S/C14H29NO2/c1-3-14(16,12-17-2)13(11-15)9-7-5-4-6-8-10-13/h16H,3-12,15H2,1-2H3. The highest BCUT2D eigenvalue weighted by atomic mass is 16.5. The average Bonchev–Trinajstić information content (AvgIpc) is 2.29. The summed E-state index contributed by atoms with van der Waals surface area (Å²) in [5.41, 5.74) is 5.14. The van der Waals surface area contributed by atoms with Crippen molar-refractivity contribution in [3.8, 4) is 0 Å². The molecule has 1 unspecified atom stereocenters. The highest BCUT2D eigenvalue weighted by molar-refractivity contribution is 4.99. The molecule has 0 aromatic heterocycles. The van der Waals surface area contributed by atoms with E-state index in [1.807, 2.05) is 6.92 Å². The fourth-order valence-corrected chi connectivity index (χ4v) is 3.31. The molecule has 1 aliphatic rings. The van der Waals surface area contributed by atoms with Gasteiger partial charge in [-0.05, 0) is 19.3 Å². The van der Waals surface area contributed by atoms with Crippen LogP contribution in [0.3, 0.4) is 0 Å². The molecule has 0 heterocycles. The van der Waals surface area contributed by atoms with E-state index in [-0.39, 0.29) is 5.41 Å². The number of hydrogen-bond donors (Lipinski definition) is 2. The maximum Gasteiger partial charge on any atom is 0.0945 e. The van der Waals surface area contributed by atoms with Crippen LogP contribution < -0.4 is 5.73 Å². The van der Waals surface area contributed by atoms with Gasteiger partial charge < -0.3 is 15.6 Å². The third kappa shape index (κ3) is 3.21. The number of ether oxygens (including phenoxy) is 1. The molecule has 0 bridgehead atoms. The molecule has 0 aromatic rings. The molecule has 0 aromatic carbocycles. The van der Waals surface area contributed by atoms with E-state index >= 15 is 0 Å². The Morgan fingerprint density at radius 1 is 1.18 bits per heavy atom. The number of rotatable bonds is 5. The summed E-state index contributed by atoms with van der Waals surface area (Å²) in [5.74, 6) is 0. The van der Waals surface area contributed by atoms with Crippen molar-refractivity contribution in [2.45, 2.75) is 63.9 Å². The van der Waals surface area contributed by atoms with Gasteiger partial charge in [-0.15, -0.1) is 0 Å². The second-order valence-electron chi connectivity index (χ2n) is 5.57. The van der Waals surface area contributed by atoms with Gasteiger partial charge in [0.15, 0.2) is 0 Å². The molecule has 0 saturated heterocycles. The summed E-state index contributed by atoms with van der Waals surface area (Å²) < 4.78 is 5.24. The Balaban J connectivity index is 2.88. The van der Waals surface area contributed by atoms with Gasteiger partial charge in [-0.3, -0.25) is 0 Å². The van der Waals surface area contributed by atoms with Crippen LogP contribution in [0.5, 0.6) is 0 Å². The number of methoxy groups -OCH3 is 1. The SMILES string of the molecule is CCC(O)(COC)C1(CN)CCCCCCC1. The molecular formula is C14H29NO2. The van der Waals surface area contributed by atoms with Gasteiger partial charge in [-0.1, -0.05) is 39.0 Å². The third-order valence-electron chi connectivity index (χ3n) is 4.66. The van der Waals surface area contributed by atoms with E-state index in [1.54, 1.807) is 7.11 Å². The van der Waals surface area contributed by atoms with Gasteiger partial charge in [0.2, 0.25) is 0 Å². The molecule has 1 saturated carbocycles. The Bertz CT molecular complexity index is 212. The minimum atomic E-state index is -0.756. The lowest BCUT2D eigenvalue weighted by Crippen LogP contribution is -2.55. The van der Waals surface area contributed by atoms with Crippen LogP contribution in [0.4, 0.5) is 0 Å². The van der Waals surface area contributed by atoms with Crippen molar-refractivity contribution in [3.63, 3.8) is 0 Å². The van der Waals surface area contributed by atoms with E-state index in [9.17, 15) is 5.11 Å². The lowest BCUT2D eigenvalue weighted by atomic mass is 9.64.